The number of rotatable bonds is 5. The van der Waals surface area contributed by atoms with Gasteiger partial charge in [0.25, 0.3) is 5.91 Å². The third-order valence-corrected chi connectivity index (χ3v) is 4.39. The molecule has 2 aliphatic rings. The molecule has 3 rings (SSSR count). The van der Waals surface area contributed by atoms with E-state index < -0.39 is 0 Å². The molecule has 0 radical (unpaired) electrons. The van der Waals surface area contributed by atoms with Gasteiger partial charge in [0.05, 0.1) is 6.04 Å². The molecule has 1 saturated carbocycles. The molecule has 108 valence electrons. The molecule has 3 heteroatoms. The Hall–Kier alpha value is -1.35. The van der Waals surface area contributed by atoms with Crippen molar-refractivity contribution in [1.29, 1.82) is 0 Å². The van der Waals surface area contributed by atoms with E-state index in [1.54, 1.807) is 0 Å². The maximum absolute atomic E-state index is 12.7. The number of nitrogens with zero attached hydrogens (tertiary/aromatic N) is 1. The van der Waals surface area contributed by atoms with Crippen LogP contribution >= 0.6 is 0 Å². The molecule has 0 aromatic heterocycles. The first-order valence-electron chi connectivity index (χ1n) is 7.72. The molecule has 0 N–H and O–H groups in total. The van der Waals surface area contributed by atoms with E-state index in [0.717, 1.165) is 26.0 Å². The quantitative estimate of drug-likeness (QED) is 0.824. The Kier molecular flexibility index (Phi) is 4.06. The molecular weight excluding hydrogens is 250 g/mol. The first kappa shape index (κ1) is 13.6. The second-order valence-electron chi connectivity index (χ2n) is 6.02. The van der Waals surface area contributed by atoms with Crippen molar-refractivity contribution in [2.24, 2.45) is 5.92 Å². The first-order chi connectivity index (χ1) is 9.75. The van der Waals surface area contributed by atoms with E-state index in [2.05, 4.69) is 19.1 Å². The van der Waals surface area contributed by atoms with Gasteiger partial charge in [-0.1, -0.05) is 30.3 Å². The summed E-state index contributed by atoms with van der Waals surface area (Å²) in [4.78, 5) is 14.8. The van der Waals surface area contributed by atoms with Gasteiger partial charge in [0.2, 0.25) is 0 Å². The van der Waals surface area contributed by atoms with Crippen molar-refractivity contribution in [2.75, 3.05) is 13.2 Å². The van der Waals surface area contributed by atoms with Crippen LogP contribution in [0.3, 0.4) is 0 Å². The van der Waals surface area contributed by atoms with Gasteiger partial charge in [0.15, 0.2) is 0 Å². The minimum atomic E-state index is -0.208. The normalized spacial score (nSPS) is 23.6. The van der Waals surface area contributed by atoms with Crippen LogP contribution in [0, 0.1) is 5.92 Å². The highest BCUT2D eigenvalue weighted by atomic mass is 16.5. The van der Waals surface area contributed by atoms with Crippen molar-refractivity contribution in [3.8, 4) is 0 Å². The van der Waals surface area contributed by atoms with Crippen molar-refractivity contribution in [1.82, 2.24) is 4.90 Å². The second kappa shape index (κ2) is 5.96. The summed E-state index contributed by atoms with van der Waals surface area (Å²) in [5, 5.41) is 0. The van der Waals surface area contributed by atoms with Crippen molar-refractivity contribution in [3.05, 3.63) is 35.9 Å². The van der Waals surface area contributed by atoms with Crippen LogP contribution < -0.4 is 0 Å². The number of amides is 1. The molecule has 2 unspecified atom stereocenters. The molecule has 1 heterocycles. The van der Waals surface area contributed by atoms with E-state index in [9.17, 15) is 4.79 Å². The topological polar surface area (TPSA) is 29.5 Å². The van der Waals surface area contributed by atoms with Crippen LogP contribution in [-0.4, -0.2) is 30.1 Å². The molecule has 0 bridgehead atoms. The Morgan fingerprint density at radius 2 is 2.05 bits per heavy atom. The summed E-state index contributed by atoms with van der Waals surface area (Å²) >= 11 is 0. The zero-order valence-electron chi connectivity index (χ0n) is 12.1. The molecular formula is C17H23NO2. The molecule has 1 aliphatic carbocycles. The number of carbonyl (C=O) groups excluding carboxylic acids is 1. The Morgan fingerprint density at radius 1 is 1.30 bits per heavy atom. The summed E-state index contributed by atoms with van der Waals surface area (Å²) in [5.74, 6) is 0.886. The average molecular weight is 273 g/mol. The summed E-state index contributed by atoms with van der Waals surface area (Å²) in [6, 6.07) is 10.4. The molecule has 1 aromatic rings. The molecule has 2 fully saturated rings. The van der Waals surface area contributed by atoms with E-state index >= 15 is 0 Å². The zero-order valence-corrected chi connectivity index (χ0v) is 12.1. The van der Waals surface area contributed by atoms with Gasteiger partial charge in [0.1, 0.15) is 6.10 Å². The van der Waals surface area contributed by atoms with Gasteiger partial charge in [-0.25, -0.2) is 0 Å². The highest BCUT2D eigenvalue weighted by molar-refractivity contribution is 5.81. The molecule has 3 nitrogen and oxygen atoms in total. The number of ether oxygens (including phenoxy) is 1. The summed E-state index contributed by atoms with van der Waals surface area (Å²) in [5.41, 5.74) is 1.21. The van der Waals surface area contributed by atoms with Crippen LogP contribution in [0.15, 0.2) is 30.3 Å². The van der Waals surface area contributed by atoms with E-state index in [-0.39, 0.29) is 18.1 Å². The SMILES string of the molecule is CC(c1ccccc1)N(CC1CC1)C(=O)C1CCCO1. The molecule has 20 heavy (non-hydrogen) atoms. The zero-order chi connectivity index (χ0) is 13.9. The van der Waals surface area contributed by atoms with Gasteiger partial charge in [-0.15, -0.1) is 0 Å². The van der Waals surface area contributed by atoms with Crippen molar-refractivity contribution in [2.45, 2.75) is 44.8 Å². The van der Waals surface area contributed by atoms with Crippen LogP contribution in [-0.2, 0) is 9.53 Å². The fourth-order valence-corrected chi connectivity index (χ4v) is 2.89. The minimum Gasteiger partial charge on any atom is -0.368 e. The number of carbonyl (C=O) groups is 1. The van der Waals surface area contributed by atoms with Crippen molar-refractivity contribution >= 4 is 5.91 Å². The Labute approximate surface area is 120 Å². The van der Waals surface area contributed by atoms with Crippen LogP contribution in [0.2, 0.25) is 0 Å². The largest absolute Gasteiger partial charge is 0.368 e. The Morgan fingerprint density at radius 3 is 2.65 bits per heavy atom. The fourth-order valence-electron chi connectivity index (χ4n) is 2.89. The lowest BCUT2D eigenvalue weighted by Crippen LogP contribution is -2.41. The molecule has 1 aromatic carbocycles. The van der Waals surface area contributed by atoms with Gasteiger partial charge in [0, 0.05) is 13.2 Å². The van der Waals surface area contributed by atoms with Crippen molar-refractivity contribution < 1.29 is 9.53 Å². The number of hydrogen-bond donors (Lipinski definition) is 0. The number of benzene rings is 1. The molecule has 0 spiro atoms. The van der Waals surface area contributed by atoms with Gasteiger partial charge >= 0.3 is 0 Å². The highest BCUT2D eigenvalue weighted by Gasteiger charge is 2.35. The molecule has 1 amide bonds. The van der Waals surface area contributed by atoms with E-state index in [1.165, 1.54) is 18.4 Å². The molecule has 1 aliphatic heterocycles. The van der Waals surface area contributed by atoms with E-state index in [1.807, 2.05) is 23.1 Å². The van der Waals surface area contributed by atoms with E-state index in [4.69, 9.17) is 4.74 Å². The summed E-state index contributed by atoms with van der Waals surface area (Å²) in [7, 11) is 0. The summed E-state index contributed by atoms with van der Waals surface area (Å²) < 4.78 is 5.59. The van der Waals surface area contributed by atoms with Crippen LogP contribution in [0.5, 0.6) is 0 Å². The lowest BCUT2D eigenvalue weighted by molar-refractivity contribution is -0.143. The Balaban J connectivity index is 1.75. The predicted octanol–water partition coefficient (Wildman–Crippen LogP) is 3.17. The van der Waals surface area contributed by atoms with Gasteiger partial charge < -0.3 is 9.64 Å². The monoisotopic (exact) mass is 273 g/mol. The van der Waals surface area contributed by atoms with Crippen LogP contribution in [0.25, 0.3) is 0 Å². The average Bonchev–Trinajstić information content (AvgIpc) is 3.14. The van der Waals surface area contributed by atoms with Gasteiger partial charge in [-0.3, -0.25) is 4.79 Å². The van der Waals surface area contributed by atoms with Gasteiger partial charge in [-0.05, 0) is 44.1 Å². The molecule has 2 atom stereocenters. The third kappa shape index (κ3) is 3.04. The second-order valence-corrected chi connectivity index (χ2v) is 6.02. The minimum absolute atomic E-state index is 0.133. The van der Waals surface area contributed by atoms with E-state index in [0.29, 0.717) is 5.92 Å². The summed E-state index contributed by atoms with van der Waals surface area (Å²) in [6.45, 7) is 3.74. The number of hydrogen-bond acceptors (Lipinski definition) is 2. The van der Waals surface area contributed by atoms with Crippen LogP contribution in [0.4, 0.5) is 0 Å². The lowest BCUT2D eigenvalue weighted by Gasteiger charge is -2.31. The highest BCUT2D eigenvalue weighted by Crippen LogP contribution is 2.33. The smallest absolute Gasteiger partial charge is 0.252 e. The maximum atomic E-state index is 12.7. The Bertz CT molecular complexity index is 449. The van der Waals surface area contributed by atoms with Crippen LogP contribution in [0.1, 0.15) is 44.2 Å². The standard InChI is InChI=1S/C17H23NO2/c1-13(15-6-3-2-4-7-15)18(12-14-9-10-14)17(19)16-8-5-11-20-16/h2-4,6-7,13-14,16H,5,8-12H2,1H3. The lowest BCUT2D eigenvalue weighted by atomic mass is 10.1. The predicted molar refractivity (Wildman–Crippen MR) is 78.3 cm³/mol. The molecule has 1 saturated heterocycles. The maximum Gasteiger partial charge on any atom is 0.252 e. The first-order valence-corrected chi connectivity index (χ1v) is 7.72. The van der Waals surface area contributed by atoms with Gasteiger partial charge in [-0.2, -0.15) is 0 Å². The third-order valence-electron chi connectivity index (χ3n) is 4.39. The summed E-state index contributed by atoms with van der Waals surface area (Å²) in [6.07, 6.45) is 4.20. The van der Waals surface area contributed by atoms with Crippen molar-refractivity contribution in [3.63, 3.8) is 0 Å². The fraction of sp³-hybridized carbons (Fsp3) is 0.588.